The van der Waals surface area contributed by atoms with Crippen LogP contribution in [0.5, 0.6) is 5.75 Å². The standard InChI is InChI=1S/C9H10FNO2/c1-6(9(11)12)13-8-5-3-2-4-7(8)10/h2-6H,1H3,(H2,11,12). The quantitative estimate of drug-likeness (QED) is 0.762. The van der Waals surface area contributed by atoms with Crippen LogP contribution in [-0.2, 0) is 4.79 Å². The first kappa shape index (κ1) is 9.51. The van der Waals surface area contributed by atoms with E-state index in [1.807, 2.05) is 0 Å². The summed E-state index contributed by atoms with van der Waals surface area (Å²) in [6, 6.07) is 5.85. The number of amides is 1. The van der Waals surface area contributed by atoms with Gasteiger partial charge in [-0.15, -0.1) is 0 Å². The van der Waals surface area contributed by atoms with Crippen LogP contribution in [0.15, 0.2) is 24.3 Å². The highest BCUT2D eigenvalue weighted by Crippen LogP contribution is 2.16. The molecule has 0 aliphatic carbocycles. The minimum absolute atomic E-state index is 0.0359. The summed E-state index contributed by atoms with van der Waals surface area (Å²) in [4.78, 5) is 10.6. The number of ether oxygens (including phenoxy) is 1. The minimum Gasteiger partial charge on any atom is -0.478 e. The van der Waals surface area contributed by atoms with E-state index in [9.17, 15) is 9.18 Å². The first-order chi connectivity index (χ1) is 6.11. The first-order valence-corrected chi connectivity index (χ1v) is 3.81. The molecule has 1 rings (SSSR count). The smallest absolute Gasteiger partial charge is 0.258 e. The van der Waals surface area contributed by atoms with Gasteiger partial charge in [0.05, 0.1) is 0 Å². The molecule has 2 N–H and O–H groups in total. The van der Waals surface area contributed by atoms with Gasteiger partial charge in [-0.1, -0.05) is 12.1 Å². The van der Waals surface area contributed by atoms with Crippen LogP contribution >= 0.6 is 0 Å². The zero-order chi connectivity index (χ0) is 9.84. The van der Waals surface area contributed by atoms with Crippen LogP contribution < -0.4 is 10.5 Å². The van der Waals surface area contributed by atoms with E-state index >= 15 is 0 Å². The van der Waals surface area contributed by atoms with Gasteiger partial charge in [-0.2, -0.15) is 0 Å². The highest BCUT2D eigenvalue weighted by Gasteiger charge is 2.12. The second kappa shape index (κ2) is 3.89. The molecule has 0 aliphatic heterocycles. The number of carbonyl (C=O) groups excluding carboxylic acids is 1. The van der Waals surface area contributed by atoms with E-state index < -0.39 is 17.8 Å². The number of benzene rings is 1. The molecule has 0 fully saturated rings. The highest BCUT2D eigenvalue weighted by molar-refractivity contribution is 5.78. The molecular weight excluding hydrogens is 173 g/mol. The van der Waals surface area contributed by atoms with Gasteiger partial charge < -0.3 is 10.5 Å². The van der Waals surface area contributed by atoms with Crippen LogP contribution in [0.4, 0.5) is 4.39 Å². The summed E-state index contributed by atoms with van der Waals surface area (Å²) in [6.07, 6.45) is -0.822. The van der Waals surface area contributed by atoms with Crippen LogP contribution in [0, 0.1) is 5.82 Å². The molecule has 0 radical (unpaired) electrons. The molecule has 0 spiro atoms. The summed E-state index contributed by atoms with van der Waals surface area (Å²) in [7, 11) is 0. The number of nitrogens with two attached hydrogens (primary N) is 1. The zero-order valence-electron chi connectivity index (χ0n) is 7.16. The fraction of sp³-hybridized carbons (Fsp3) is 0.222. The fourth-order valence-electron chi connectivity index (χ4n) is 0.789. The van der Waals surface area contributed by atoms with Crippen molar-refractivity contribution >= 4 is 5.91 Å². The molecule has 0 heterocycles. The van der Waals surface area contributed by atoms with Gasteiger partial charge in [0.2, 0.25) is 0 Å². The molecule has 0 aromatic heterocycles. The van der Waals surface area contributed by atoms with Crippen molar-refractivity contribution in [3.05, 3.63) is 30.1 Å². The predicted octanol–water partition coefficient (Wildman–Crippen LogP) is 1.08. The zero-order valence-corrected chi connectivity index (χ0v) is 7.16. The third-order valence-corrected chi connectivity index (χ3v) is 1.54. The van der Waals surface area contributed by atoms with Gasteiger partial charge in [-0.05, 0) is 19.1 Å². The first-order valence-electron chi connectivity index (χ1n) is 3.81. The van der Waals surface area contributed by atoms with E-state index in [0.717, 1.165) is 0 Å². The van der Waals surface area contributed by atoms with Gasteiger partial charge in [0.15, 0.2) is 17.7 Å². The largest absolute Gasteiger partial charge is 0.478 e. The Labute approximate surface area is 75.3 Å². The van der Waals surface area contributed by atoms with Gasteiger partial charge in [0, 0.05) is 0 Å². The van der Waals surface area contributed by atoms with Crippen molar-refractivity contribution in [1.29, 1.82) is 0 Å². The topological polar surface area (TPSA) is 52.3 Å². The van der Waals surface area contributed by atoms with Gasteiger partial charge in [0.1, 0.15) is 0 Å². The maximum Gasteiger partial charge on any atom is 0.258 e. The Balaban J connectivity index is 2.74. The molecule has 1 amide bonds. The van der Waals surface area contributed by atoms with Crippen LogP contribution in [0.25, 0.3) is 0 Å². The molecule has 3 nitrogen and oxygen atoms in total. The summed E-state index contributed by atoms with van der Waals surface area (Å²) in [5.41, 5.74) is 4.95. The van der Waals surface area contributed by atoms with E-state index in [1.165, 1.54) is 25.1 Å². The fourth-order valence-corrected chi connectivity index (χ4v) is 0.789. The van der Waals surface area contributed by atoms with Crippen LogP contribution in [0.1, 0.15) is 6.92 Å². The molecule has 0 saturated heterocycles. The average molecular weight is 183 g/mol. The lowest BCUT2D eigenvalue weighted by atomic mass is 10.3. The summed E-state index contributed by atoms with van der Waals surface area (Å²) in [6.45, 7) is 1.47. The number of para-hydroxylation sites is 1. The van der Waals surface area contributed by atoms with Crippen molar-refractivity contribution in [3.8, 4) is 5.75 Å². The van der Waals surface area contributed by atoms with E-state index in [-0.39, 0.29) is 5.75 Å². The van der Waals surface area contributed by atoms with E-state index in [1.54, 1.807) is 6.07 Å². The van der Waals surface area contributed by atoms with Crippen molar-refractivity contribution in [1.82, 2.24) is 0 Å². The lowest BCUT2D eigenvalue weighted by Crippen LogP contribution is -2.30. The van der Waals surface area contributed by atoms with Crippen LogP contribution in [0.3, 0.4) is 0 Å². The monoisotopic (exact) mass is 183 g/mol. The van der Waals surface area contributed by atoms with E-state index in [0.29, 0.717) is 0 Å². The van der Waals surface area contributed by atoms with E-state index in [4.69, 9.17) is 10.5 Å². The molecule has 70 valence electrons. The molecule has 0 saturated carbocycles. The Hall–Kier alpha value is -1.58. The summed E-state index contributed by atoms with van der Waals surface area (Å²) in [5.74, 6) is -1.09. The van der Waals surface area contributed by atoms with Gasteiger partial charge in [-0.25, -0.2) is 4.39 Å². The predicted molar refractivity (Wildman–Crippen MR) is 45.7 cm³/mol. The number of rotatable bonds is 3. The molecule has 0 bridgehead atoms. The van der Waals surface area contributed by atoms with Crippen molar-refractivity contribution < 1.29 is 13.9 Å². The Morgan fingerprint density at radius 3 is 2.69 bits per heavy atom. The van der Waals surface area contributed by atoms with Gasteiger partial charge >= 0.3 is 0 Å². The molecule has 1 aromatic carbocycles. The molecular formula is C9H10FNO2. The number of carbonyl (C=O) groups is 1. The van der Waals surface area contributed by atoms with Crippen LogP contribution in [0.2, 0.25) is 0 Å². The Morgan fingerprint density at radius 1 is 1.54 bits per heavy atom. The molecule has 1 atom stereocenters. The summed E-state index contributed by atoms with van der Waals surface area (Å²) >= 11 is 0. The van der Waals surface area contributed by atoms with Crippen LogP contribution in [-0.4, -0.2) is 12.0 Å². The second-order valence-corrected chi connectivity index (χ2v) is 2.59. The molecule has 0 aliphatic rings. The lowest BCUT2D eigenvalue weighted by molar-refractivity contribution is -0.124. The molecule has 13 heavy (non-hydrogen) atoms. The number of hydrogen-bond donors (Lipinski definition) is 1. The third-order valence-electron chi connectivity index (χ3n) is 1.54. The Morgan fingerprint density at radius 2 is 2.15 bits per heavy atom. The SMILES string of the molecule is CC(Oc1ccccc1F)C(N)=O. The Bertz CT molecular complexity index is 314. The van der Waals surface area contributed by atoms with Crippen molar-refractivity contribution in [2.75, 3.05) is 0 Å². The summed E-state index contributed by atoms with van der Waals surface area (Å²) in [5, 5.41) is 0. The van der Waals surface area contributed by atoms with Gasteiger partial charge in [-0.3, -0.25) is 4.79 Å². The molecule has 1 unspecified atom stereocenters. The normalized spacial score (nSPS) is 12.2. The van der Waals surface area contributed by atoms with Crippen molar-refractivity contribution in [2.24, 2.45) is 5.73 Å². The maximum atomic E-state index is 12.9. The average Bonchev–Trinajstić information content (AvgIpc) is 2.08. The maximum absolute atomic E-state index is 12.9. The second-order valence-electron chi connectivity index (χ2n) is 2.59. The minimum atomic E-state index is -0.822. The number of primary amides is 1. The highest BCUT2D eigenvalue weighted by atomic mass is 19.1. The molecule has 1 aromatic rings. The number of halogens is 1. The molecule has 4 heteroatoms. The van der Waals surface area contributed by atoms with E-state index in [2.05, 4.69) is 0 Å². The van der Waals surface area contributed by atoms with Crippen molar-refractivity contribution in [2.45, 2.75) is 13.0 Å². The van der Waals surface area contributed by atoms with Crippen molar-refractivity contribution in [3.63, 3.8) is 0 Å². The third kappa shape index (κ3) is 2.43. The number of hydrogen-bond acceptors (Lipinski definition) is 2. The summed E-state index contributed by atoms with van der Waals surface area (Å²) < 4.78 is 17.9. The van der Waals surface area contributed by atoms with Gasteiger partial charge in [0.25, 0.3) is 5.91 Å². The lowest BCUT2D eigenvalue weighted by Gasteiger charge is -2.11. The Kier molecular flexibility index (Phi) is 2.84.